The molecule has 1 N–H and O–H groups in total. The van der Waals surface area contributed by atoms with E-state index in [4.69, 9.17) is 0 Å². The van der Waals surface area contributed by atoms with Gasteiger partial charge in [-0.05, 0) is 60.7 Å². The monoisotopic (exact) mass is 613 g/mol. The Hall–Kier alpha value is -3.17. The molecule has 0 aliphatic carbocycles. The molecule has 9 heteroatoms. The highest BCUT2D eigenvalue weighted by Crippen LogP contribution is 2.28. The van der Waals surface area contributed by atoms with Gasteiger partial charge in [0.1, 0.15) is 12.6 Å². The molecule has 0 spiro atoms. The Morgan fingerprint density at radius 2 is 1.59 bits per heavy atom. The highest BCUT2D eigenvalue weighted by atomic mass is 79.9. The number of amides is 2. The highest BCUT2D eigenvalue weighted by Gasteiger charge is 2.33. The van der Waals surface area contributed by atoms with Gasteiger partial charge in [-0.2, -0.15) is 0 Å². The molecule has 1 atom stereocenters. The summed E-state index contributed by atoms with van der Waals surface area (Å²) < 4.78 is 29.8. The first-order valence-corrected chi connectivity index (χ1v) is 15.2. The second kappa shape index (κ2) is 13.8. The molecule has 3 rings (SSSR count). The van der Waals surface area contributed by atoms with Crippen LogP contribution in [-0.2, 0) is 32.6 Å². The zero-order chi connectivity index (χ0) is 28.6. The van der Waals surface area contributed by atoms with Crippen LogP contribution in [-0.4, -0.2) is 44.3 Å². The number of benzene rings is 3. The van der Waals surface area contributed by atoms with Gasteiger partial charge in [-0.15, -0.1) is 0 Å². The lowest BCUT2D eigenvalue weighted by Gasteiger charge is -2.32. The molecular weight excluding hydrogens is 578 g/mol. The van der Waals surface area contributed by atoms with Crippen LogP contribution in [0, 0.1) is 5.92 Å². The summed E-state index contributed by atoms with van der Waals surface area (Å²) in [5.74, 6) is -0.529. The predicted octanol–water partition coefficient (Wildman–Crippen LogP) is 5.40. The van der Waals surface area contributed by atoms with Crippen molar-refractivity contribution < 1.29 is 18.0 Å². The number of anilines is 1. The Bertz CT molecular complexity index is 1380. The van der Waals surface area contributed by atoms with Gasteiger partial charge >= 0.3 is 0 Å². The Labute approximate surface area is 240 Å². The molecule has 3 aromatic carbocycles. The summed E-state index contributed by atoms with van der Waals surface area (Å²) >= 11 is 3.46. The van der Waals surface area contributed by atoms with Crippen molar-refractivity contribution in [2.24, 2.45) is 5.92 Å². The average molecular weight is 615 g/mol. The predicted molar refractivity (Wildman–Crippen MR) is 159 cm³/mol. The maximum Gasteiger partial charge on any atom is 0.264 e. The molecule has 0 bridgehead atoms. The molecule has 0 heterocycles. The number of para-hydroxylation sites is 1. The van der Waals surface area contributed by atoms with Gasteiger partial charge in [0.05, 0.1) is 10.6 Å². The summed E-state index contributed by atoms with van der Waals surface area (Å²) in [4.78, 5) is 28.6. The lowest BCUT2D eigenvalue weighted by atomic mass is 10.1. The summed E-state index contributed by atoms with van der Waals surface area (Å²) in [5, 5.41) is 2.90. The first-order chi connectivity index (χ1) is 18.5. The number of hydrogen-bond donors (Lipinski definition) is 1. The van der Waals surface area contributed by atoms with E-state index >= 15 is 0 Å². The van der Waals surface area contributed by atoms with Crippen LogP contribution in [0.3, 0.4) is 0 Å². The summed E-state index contributed by atoms with van der Waals surface area (Å²) in [6, 6.07) is 21.9. The number of rotatable bonds is 12. The molecule has 2 amide bonds. The van der Waals surface area contributed by atoms with Crippen LogP contribution in [0.2, 0.25) is 0 Å². The molecule has 208 valence electrons. The minimum atomic E-state index is -4.08. The van der Waals surface area contributed by atoms with Crippen molar-refractivity contribution in [1.29, 1.82) is 0 Å². The second-order valence-electron chi connectivity index (χ2n) is 9.77. The maximum absolute atomic E-state index is 14.0. The van der Waals surface area contributed by atoms with E-state index in [1.54, 1.807) is 37.3 Å². The molecule has 0 radical (unpaired) electrons. The van der Waals surface area contributed by atoms with E-state index in [0.717, 1.165) is 19.9 Å². The van der Waals surface area contributed by atoms with Crippen LogP contribution >= 0.6 is 15.9 Å². The SMILES string of the molecule is CCc1ccccc1N(CC(=O)N(Cc1cccc(Br)c1)[C@H](C)C(=O)NCC(C)C)S(=O)(=O)c1ccccc1. The third-order valence-corrected chi connectivity index (χ3v) is 8.61. The third kappa shape index (κ3) is 7.92. The van der Waals surface area contributed by atoms with Gasteiger partial charge in [0, 0.05) is 17.6 Å². The summed E-state index contributed by atoms with van der Waals surface area (Å²) in [6.07, 6.45) is 0.584. The topological polar surface area (TPSA) is 86.8 Å². The maximum atomic E-state index is 14.0. The van der Waals surface area contributed by atoms with E-state index in [0.29, 0.717) is 18.7 Å². The van der Waals surface area contributed by atoms with E-state index in [-0.39, 0.29) is 23.3 Å². The number of nitrogens with zero attached hydrogens (tertiary/aromatic N) is 2. The Morgan fingerprint density at radius 1 is 0.923 bits per heavy atom. The van der Waals surface area contributed by atoms with Crippen LogP contribution in [0.5, 0.6) is 0 Å². The van der Waals surface area contributed by atoms with Crippen LogP contribution in [0.4, 0.5) is 5.69 Å². The molecule has 7 nitrogen and oxygen atoms in total. The number of aryl methyl sites for hydroxylation is 1. The van der Waals surface area contributed by atoms with Crippen LogP contribution in [0.1, 0.15) is 38.8 Å². The van der Waals surface area contributed by atoms with Crippen molar-refractivity contribution in [3.8, 4) is 0 Å². The smallest absolute Gasteiger partial charge is 0.264 e. The van der Waals surface area contributed by atoms with E-state index in [2.05, 4.69) is 21.2 Å². The zero-order valence-corrected chi connectivity index (χ0v) is 25.2. The van der Waals surface area contributed by atoms with Gasteiger partial charge in [0.15, 0.2) is 0 Å². The molecule has 0 aliphatic rings. The Kier molecular flexibility index (Phi) is 10.7. The number of carbonyl (C=O) groups excluding carboxylic acids is 2. The van der Waals surface area contributed by atoms with E-state index in [1.807, 2.05) is 57.2 Å². The fraction of sp³-hybridized carbons (Fsp3) is 0.333. The van der Waals surface area contributed by atoms with Crippen molar-refractivity contribution in [1.82, 2.24) is 10.2 Å². The lowest BCUT2D eigenvalue weighted by Crippen LogP contribution is -2.51. The minimum absolute atomic E-state index is 0.0879. The van der Waals surface area contributed by atoms with E-state index in [1.165, 1.54) is 17.0 Å². The normalized spacial score (nSPS) is 12.2. The fourth-order valence-corrected chi connectivity index (χ4v) is 6.07. The molecule has 3 aromatic rings. The molecule has 0 fully saturated rings. The van der Waals surface area contributed by atoms with Gasteiger partial charge in [-0.1, -0.05) is 85.2 Å². The molecule has 0 saturated carbocycles. The van der Waals surface area contributed by atoms with Gasteiger partial charge in [0.2, 0.25) is 11.8 Å². The molecule has 0 saturated heterocycles. The Morgan fingerprint density at radius 3 is 2.23 bits per heavy atom. The second-order valence-corrected chi connectivity index (χ2v) is 12.6. The Balaban J connectivity index is 2.04. The number of hydrogen-bond acceptors (Lipinski definition) is 4. The fourth-order valence-electron chi connectivity index (χ4n) is 4.15. The molecule has 0 aromatic heterocycles. The van der Waals surface area contributed by atoms with Crippen molar-refractivity contribution in [3.63, 3.8) is 0 Å². The van der Waals surface area contributed by atoms with Gasteiger partial charge in [-0.25, -0.2) is 8.42 Å². The average Bonchev–Trinajstić information content (AvgIpc) is 2.93. The summed E-state index contributed by atoms with van der Waals surface area (Å²) in [6.45, 7) is 7.75. The van der Waals surface area contributed by atoms with Crippen LogP contribution in [0.15, 0.2) is 88.2 Å². The van der Waals surface area contributed by atoms with Gasteiger partial charge < -0.3 is 10.2 Å². The number of sulfonamides is 1. The third-order valence-electron chi connectivity index (χ3n) is 6.35. The molecule has 0 aliphatic heterocycles. The van der Waals surface area contributed by atoms with Crippen molar-refractivity contribution in [2.75, 3.05) is 17.4 Å². The van der Waals surface area contributed by atoms with Gasteiger partial charge in [0.25, 0.3) is 10.0 Å². The highest BCUT2D eigenvalue weighted by molar-refractivity contribution is 9.10. The minimum Gasteiger partial charge on any atom is -0.354 e. The largest absolute Gasteiger partial charge is 0.354 e. The number of nitrogens with one attached hydrogen (secondary N) is 1. The lowest BCUT2D eigenvalue weighted by molar-refractivity contribution is -0.139. The number of carbonyl (C=O) groups is 2. The van der Waals surface area contributed by atoms with Crippen LogP contribution in [0.25, 0.3) is 0 Å². The van der Waals surface area contributed by atoms with Crippen molar-refractivity contribution in [3.05, 3.63) is 94.5 Å². The quantitative estimate of drug-likeness (QED) is 0.296. The van der Waals surface area contributed by atoms with Gasteiger partial charge in [-0.3, -0.25) is 13.9 Å². The van der Waals surface area contributed by atoms with E-state index in [9.17, 15) is 18.0 Å². The van der Waals surface area contributed by atoms with Crippen LogP contribution < -0.4 is 9.62 Å². The van der Waals surface area contributed by atoms with E-state index < -0.39 is 28.5 Å². The first kappa shape index (κ1) is 30.4. The molecule has 0 unspecified atom stereocenters. The zero-order valence-electron chi connectivity index (χ0n) is 22.8. The molecular formula is C30H36BrN3O4S. The van der Waals surface area contributed by atoms with Crippen molar-refractivity contribution >= 4 is 43.5 Å². The number of halogens is 1. The van der Waals surface area contributed by atoms with Crippen molar-refractivity contribution in [2.45, 2.75) is 51.6 Å². The standard InChI is InChI=1S/C30H36BrN3O4S/c1-5-25-13-9-10-17-28(25)34(39(37,38)27-15-7-6-8-16-27)21-29(35)33(20-24-12-11-14-26(31)18-24)23(4)30(36)32-19-22(2)3/h6-18,22-23H,5,19-21H2,1-4H3,(H,32,36)/t23-/m1/s1. The first-order valence-electron chi connectivity index (χ1n) is 13.0. The summed E-state index contributed by atoms with van der Waals surface area (Å²) in [5.41, 5.74) is 2.05. The molecule has 39 heavy (non-hydrogen) atoms. The summed E-state index contributed by atoms with van der Waals surface area (Å²) in [7, 11) is -4.08.